The number of carbonyl (C=O) groups excluding carboxylic acids is 2. The molecule has 6 nitrogen and oxygen atoms in total. The van der Waals surface area contributed by atoms with Gasteiger partial charge < -0.3 is 15.4 Å². The van der Waals surface area contributed by atoms with Crippen LogP contribution in [0.2, 0.25) is 0 Å². The predicted molar refractivity (Wildman–Crippen MR) is 109 cm³/mol. The quantitative estimate of drug-likeness (QED) is 0.702. The van der Waals surface area contributed by atoms with E-state index in [4.69, 9.17) is 4.74 Å². The summed E-state index contributed by atoms with van der Waals surface area (Å²) in [7, 11) is 1.59. The molecule has 0 aliphatic heterocycles. The van der Waals surface area contributed by atoms with Crippen LogP contribution in [-0.4, -0.2) is 23.9 Å². The van der Waals surface area contributed by atoms with Gasteiger partial charge in [-0.3, -0.25) is 14.6 Å². The Bertz CT molecular complexity index is 1060. The van der Waals surface area contributed by atoms with E-state index < -0.39 is 0 Å². The summed E-state index contributed by atoms with van der Waals surface area (Å²) in [5, 5.41) is 6.55. The van der Waals surface area contributed by atoms with Crippen molar-refractivity contribution >= 4 is 34.1 Å². The van der Waals surface area contributed by atoms with Crippen LogP contribution < -0.4 is 15.4 Å². The predicted octanol–water partition coefficient (Wildman–Crippen LogP) is 4.15. The number of rotatable bonds is 5. The molecule has 1 heterocycles. The van der Waals surface area contributed by atoms with Crippen LogP contribution in [0.1, 0.15) is 28.9 Å². The number of aryl methyl sites for hydroxylation is 1. The van der Waals surface area contributed by atoms with Crippen LogP contribution in [0.25, 0.3) is 10.9 Å². The number of benzene rings is 2. The van der Waals surface area contributed by atoms with Gasteiger partial charge in [-0.25, -0.2) is 0 Å². The lowest BCUT2D eigenvalue weighted by molar-refractivity contribution is -0.117. The molecule has 0 radical (unpaired) electrons. The van der Waals surface area contributed by atoms with Crippen molar-refractivity contribution in [3.8, 4) is 5.75 Å². The van der Waals surface area contributed by atoms with Gasteiger partial charge in [0.05, 0.1) is 18.2 Å². The zero-order chi connectivity index (χ0) is 19.7. The van der Waals surface area contributed by atoms with Gasteiger partial charge in [0.15, 0.2) is 0 Å². The summed E-state index contributed by atoms with van der Waals surface area (Å²) in [5.74, 6) is 0.530. The molecule has 142 valence electrons. The summed E-state index contributed by atoms with van der Waals surface area (Å²) in [4.78, 5) is 29.7. The van der Waals surface area contributed by atoms with Gasteiger partial charge in [-0.15, -0.1) is 0 Å². The van der Waals surface area contributed by atoms with Crippen LogP contribution in [0.5, 0.6) is 5.75 Å². The number of amides is 2. The molecule has 1 aromatic heterocycles. The fraction of sp³-hybridized carbons (Fsp3) is 0.227. The van der Waals surface area contributed by atoms with E-state index in [2.05, 4.69) is 15.6 Å². The molecule has 6 heteroatoms. The van der Waals surface area contributed by atoms with Crippen molar-refractivity contribution in [2.75, 3.05) is 17.7 Å². The fourth-order valence-corrected chi connectivity index (χ4v) is 3.06. The summed E-state index contributed by atoms with van der Waals surface area (Å²) >= 11 is 0. The molecule has 28 heavy (non-hydrogen) atoms. The van der Waals surface area contributed by atoms with E-state index in [9.17, 15) is 9.59 Å². The number of methoxy groups -OCH3 is 1. The molecular weight excluding hydrogens is 354 g/mol. The minimum Gasteiger partial charge on any atom is -0.497 e. The second-order valence-corrected chi connectivity index (χ2v) is 6.99. The van der Waals surface area contributed by atoms with Crippen molar-refractivity contribution in [1.82, 2.24) is 4.98 Å². The van der Waals surface area contributed by atoms with Crippen LogP contribution in [0.15, 0.2) is 48.5 Å². The van der Waals surface area contributed by atoms with Crippen LogP contribution >= 0.6 is 0 Å². The van der Waals surface area contributed by atoms with Crippen LogP contribution in [0.3, 0.4) is 0 Å². The van der Waals surface area contributed by atoms with E-state index in [0.717, 1.165) is 23.9 Å². The van der Waals surface area contributed by atoms with Gasteiger partial charge in [0.1, 0.15) is 5.75 Å². The lowest BCUT2D eigenvalue weighted by Crippen LogP contribution is -2.16. The number of hydrogen-bond donors (Lipinski definition) is 2. The number of anilines is 2. The molecule has 1 saturated carbocycles. The average Bonchev–Trinajstić information content (AvgIpc) is 3.53. The van der Waals surface area contributed by atoms with E-state index in [1.165, 1.54) is 0 Å². The standard InChI is InChI=1S/C22H21N3O3/c1-13-3-10-18-19(22(27)24-15-6-8-17(28-2)9-7-15)11-16(12-20(18)23-13)25-21(26)14-4-5-14/h3,6-12,14H,4-5H2,1-2H3,(H,24,27)(H,25,26). The third-order valence-electron chi connectivity index (χ3n) is 4.75. The van der Waals surface area contributed by atoms with Gasteiger partial charge in [0, 0.05) is 28.4 Å². The minimum absolute atomic E-state index is 0.00600. The molecule has 0 saturated heterocycles. The molecular formula is C22H21N3O3. The Morgan fingerprint density at radius 1 is 1.00 bits per heavy atom. The molecule has 0 bridgehead atoms. The monoisotopic (exact) mass is 375 g/mol. The van der Waals surface area contributed by atoms with E-state index in [1.807, 2.05) is 25.1 Å². The third kappa shape index (κ3) is 3.81. The van der Waals surface area contributed by atoms with E-state index >= 15 is 0 Å². The van der Waals surface area contributed by atoms with E-state index in [1.54, 1.807) is 37.4 Å². The second-order valence-electron chi connectivity index (χ2n) is 6.99. The molecule has 0 spiro atoms. The van der Waals surface area contributed by atoms with Gasteiger partial charge in [-0.1, -0.05) is 6.07 Å². The number of aromatic nitrogens is 1. The van der Waals surface area contributed by atoms with Crippen LogP contribution in [0, 0.1) is 12.8 Å². The lowest BCUT2D eigenvalue weighted by atomic mass is 10.1. The van der Waals surface area contributed by atoms with Gasteiger partial charge in [-0.2, -0.15) is 0 Å². The Hall–Kier alpha value is -3.41. The van der Waals surface area contributed by atoms with Gasteiger partial charge in [0.2, 0.25) is 5.91 Å². The molecule has 3 aromatic rings. The highest BCUT2D eigenvalue weighted by Crippen LogP contribution is 2.31. The highest BCUT2D eigenvalue weighted by molar-refractivity contribution is 6.14. The number of hydrogen-bond acceptors (Lipinski definition) is 4. The number of pyridine rings is 1. The van der Waals surface area contributed by atoms with E-state index in [0.29, 0.717) is 28.2 Å². The number of fused-ring (bicyclic) bond motifs is 1. The molecule has 1 aliphatic rings. The van der Waals surface area contributed by atoms with Gasteiger partial charge in [-0.05, 0) is 62.2 Å². The Kier molecular flexibility index (Phi) is 4.69. The van der Waals surface area contributed by atoms with Crippen molar-refractivity contribution < 1.29 is 14.3 Å². The maximum atomic E-state index is 13.0. The fourth-order valence-electron chi connectivity index (χ4n) is 3.06. The zero-order valence-corrected chi connectivity index (χ0v) is 15.8. The van der Waals surface area contributed by atoms with Gasteiger partial charge in [0.25, 0.3) is 5.91 Å². The largest absolute Gasteiger partial charge is 0.497 e. The highest BCUT2D eigenvalue weighted by atomic mass is 16.5. The topological polar surface area (TPSA) is 80.3 Å². The summed E-state index contributed by atoms with van der Waals surface area (Å²) < 4.78 is 5.14. The smallest absolute Gasteiger partial charge is 0.256 e. The van der Waals surface area contributed by atoms with Crippen molar-refractivity contribution in [2.24, 2.45) is 5.92 Å². The minimum atomic E-state index is -0.261. The summed E-state index contributed by atoms with van der Waals surface area (Å²) in [5.41, 5.74) is 3.23. The first-order chi connectivity index (χ1) is 13.5. The second kappa shape index (κ2) is 7.31. The van der Waals surface area contributed by atoms with Crippen LogP contribution in [0.4, 0.5) is 11.4 Å². The van der Waals surface area contributed by atoms with Gasteiger partial charge >= 0.3 is 0 Å². The molecule has 0 unspecified atom stereocenters. The number of ether oxygens (including phenoxy) is 1. The molecule has 1 aliphatic carbocycles. The number of carbonyl (C=O) groups is 2. The Labute approximate surface area is 162 Å². The van der Waals surface area contributed by atoms with Crippen LogP contribution in [-0.2, 0) is 4.79 Å². The number of nitrogens with zero attached hydrogens (tertiary/aromatic N) is 1. The van der Waals surface area contributed by atoms with Crippen molar-refractivity contribution in [2.45, 2.75) is 19.8 Å². The van der Waals surface area contributed by atoms with Crippen molar-refractivity contribution in [3.05, 3.63) is 59.8 Å². The SMILES string of the molecule is COc1ccc(NC(=O)c2cc(NC(=O)C3CC3)cc3nc(C)ccc23)cc1. The number of nitrogens with one attached hydrogen (secondary N) is 2. The molecule has 1 fully saturated rings. The molecule has 2 N–H and O–H groups in total. The highest BCUT2D eigenvalue weighted by Gasteiger charge is 2.29. The summed E-state index contributed by atoms with van der Waals surface area (Å²) in [6.07, 6.45) is 1.84. The normalized spacial score (nSPS) is 13.2. The lowest BCUT2D eigenvalue weighted by Gasteiger charge is -2.12. The maximum Gasteiger partial charge on any atom is 0.256 e. The molecule has 2 amide bonds. The molecule has 0 atom stereocenters. The summed E-state index contributed by atoms with van der Waals surface area (Å²) in [6.45, 7) is 1.89. The Morgan fingerprint density at radius 3 is 2.43 bits per heavy atom. The Morgan fingerprint density at radius 2 is 1.75 bits per heavy atom. The third-order valence-corrected chi connectivity index (χ3v) is 4.75. The zero-order valence-electron chi connectivity index (χ0n) is 15.8. The first-order valence-corrected chi connectivity index (χ1v) is 9.21. The maximum absolute atomic E-state index is 13.0. The van der Waals surface area contributed by atoms with E-state index in [-0.39, 0.29) is 17.7 Å². The Balaban J connectivity index is 1.68. The van der Waals surface area contributed by atoms with Crippen molar-refractivity contribution in [3.63, 3.8) is 0 Å². The molecule has 4 rings (SSSR count). The van der Waals surface area contributed by atoms with Crippen molar-refractivity contribution in [1.29, 1.82) is 0 Å². The average molecular weight is 375 g/mol. The summed E-state index contributed by atoms with van der Waals surface area (Å²) in [6, 6.07) is 14.4. The first kappa shape index (κ1) is 18.0. The first-order valence-electron chi connectivity index (χ1n) is 9.21. The molecule has 2 aromatic carbocycles.